The van der Waals surface area contributed by atoms with Gasteiger partial charge in [0.15, 0.2) is 12.4 Å². The number of benzene rings is 1. The van der Waals surface area contributed by atoms with Gasteiger partial charge in [0, 0.05) is 18.0 Å². The zero-order valence-electron chi connectivity index (χ0n) is 12.5. The SMILES string of the molecule is O=C(COC(=O)CCC(=O)c1ccccc1)NC1CCCC1. The van der Waals surface area contributed by atoms with E-state index in [9.17, 15) is 14.4 Å². The van der Waals surface area contributed by atoms with E-state index in [-0.39, 0.29) is 37.2 Å². The highest BCUT2D eigenvalue weighted by atomic mass is 16.5. The molecule has 1 aromatic rings. The monoisotopic (exact) mass is 303 g/mol. The number of ether oxygens (including phenoxy) is 1. The van der Waals surface area contributed by atoms with Gasteiger partial charge in [-0.15, -0.1) is 0 Å². The first-order valence-corrected chi connectivity index (χ1v) is 7.68. The maximum Gasteiger partial charge on any atom is 0.306 e. The summed E-state index contributed by atoms with van der Waals surface area (Å²) < 4.78 is 4.90. The highest BCUT2D eigenvalue weighted by Crippen LogP contribution is 2.17. The van der Waals surface area contributed by atoms with Crippen molar-refractivity contribution in [1.29, 1.82) is 0 Å². The Morgan fingerprint density at radius 3 is 2.41 bits per heavy atom. The minimum Gasteiger partial charge on any atom is -0.456 e. The van der Waals surface area contributed by atoms with Crippen molar-refractivity contribution in [3.8, 4) is 0 Å². The number of esters is 1. The second-order valence-corrected chi connectivity index (χ2v) is 5.50. The van der Waals surface area contributed by atoms with Gasteiger partial charge in [0.1, 0.15) is 0 Å². The smallest absolute Gasteiger partial charge is 0.306 e. The van der Waals surface area contributed by atoms with Crippen molar-refractivity contribution in [1.82, 2.24) is 5.32 Å². The molecule has 0 aliphatic heterocycles. The van der Waals surface area contributed by atoms with E-state index in [1.807, 2.05) is 6.07 Å². The summed E-state index contributed by atoms with van der Waals surface area (Å²) in [5.41, 5.74) is 0.578. The van der Waals surface area contributed by atoms with E-state index in [1.54, 1.807) is 24.3 Å². The molecule has 118 valence electrons. The van der Waals surface area contributed by atoms with Gasteiger partial charge in [0.25, 0.3) is 5.91 Å². The predicted molar refractivity (Wildman–Crippen MR) is 81.4 cm³/mol. The number of hydrogen-bond acceptors (Lipinski definition) is 4. The van der Waals surface area contributed by atoms with Crippen molar-refractivity contribution >= 4 is 17.7 Å². The van der Waals surface area contributed by atoms with Crippen LogP contribution in [0.4, 0.5) is 0 Å². The Morgan fingerprint density at radius 1 is 1.05 bits per heavy atom. The summed E-state index contributed by atoms with van der Waals surface area (Å²) in [4.78, 5) is 35.0. The van der Waals surface area contributed by atoms with Crippen LogP contribution in [0.3, 0.4) is 0 Å². The summed E-state index contributed by atoms with van der Waals surface area (Å²) in [5.74, 6) is -0.895. The van der Waals surface area contributed by atoms with Crippen molar-refractivity contribution in [3.05, 3.63) is 35.9 Å². The maximum atomic E-state index is 11.8. The zero-order chi connectivity index (χ0) is 15.8. The third kappa shape index (κ3) is 5.31. The number of rotatable bonds is 7. The second-order valence-electron chi connectivity index (χ2n) is 5.50. The Kier molecular flexibility index (Phi) is 6.13. The summed E-state index contributed by atoms with van der Waals surface area (Å²) in [6.07, 6.45) is 4.33. The van der Waals surface area contributed by atoms with Crippen LogP contribution in [-0.4, -0.2) is 30.3 Å². The van der Waals surface area contributed by atoms with Crippen LogP contribution in [0.1, 0.15) is 48.9 Å². The number of hydrogen-bond donors (Lipinski definition) is 1. The summed E-state index contributed by atoms with van der Waals surface area (Å²) in [6.45, 7) is -0.269. The number of nitrogens with one attached hydrogen (secondary N) is 1. The molecule has 1 aliphatic carbocycles. The van der Waals surface area contributed by atoms with Crippen LogP contribution in [0.15, 0.2) is 30.3 Å². The summed E-state index contributed by atoms with van der Waals surface area (Å²) in [7, 11) is 0. The van der Waals surface area contributed by atoms with Gasteiger partial charge in [0.2, 0.25) is 0 Å². The van der Waals surface area contributed by atoms with E-state index in [2.05, 4.69) is 5.32 Å². The molecule has 5 heteroatoms. The second kappa shape index (κ2) is 8.32. The van der Waals surface area contributed by atoms with E-state index in [0.29, 0.717) is 5.56 Å². The first kappa shape index (κ1) is 16.2. The molecular weight excluding hydrogens is 282 g/mol. The Hall–Kier alpha value is -2.17. The molecule has 0 spiro atoms. The van der Waals surface area contributed by atoms with Crippen molar-refractivity contribution in [2.24, 2.45) is 0 Å². The fourth-order valence-corrected chi connectivity index (χ4v) is 2.54. The summed E-state index contributed by atoms with van der Waals surface area (Å²) >= 11 is 0. The Morgan fingerprint density at radius 2 is 1.73 bits per heavy atom. The topological polar surface area (TPSA) is 72.5 Å². The Bertz CT molecular complexity index is 521. The molecule has 0 aromatic heterocycles. The molecule has 1 saturated carbocycles. The Labute approximate surface area is 130 Å². The van der Waals surface area contributed by atoms with Crippen LogP contribution in [-0.2, 0) is 14.3 Å². The van der Waals surface area contributed by atoms with Crippen molar-refractivity contribution in [2.45, 2.75) is 44.6 Å². The number of carbonyl (C=O) groups is 3. The normalized spacial score (nSPS) is 14.5. The third-order valence-corrected chi connectivity index (χ3v) is 3.74. The average molecular weight is 303 g/mol. The van der Waals surface area contributed by atoms with Gasteiger partial charge in [0.05, 0.1) is 6.42 Å². The molecule has 1 aliphatic rings. The molecule has 0 radical (unpaired) electrons. The lowest BCUT2D eigenvalue weighted by atomic mass is 10.1. The van der Waals surface area contributed by atoms with Crippen LogP contribution in [0.5, 0.6) is 0 Å². The van der Waals surface area contributed by atoms with Gasteiger partial charge in [-0.1, -0.05) is 43.2 Å². The van der Waals surface area contributed by atoms with Crippen LogP contribution >= 0.6 is 0 Å². The van der Waals surface area contributed by atoms with E-state index in [4.69, 9.17) is 4.74 Å². The molecule has 5 nitrogen and oxygen atoms in total. The quantitative estimate of drug-likeness (QED) is 0.619. The fraction of sp³-hybridized carbons (Fsp3) is 0.471. The van der Waals surface area contributed by atoms with Gasteiger partial charge >= 0.3 is 5.97 Å². The minimum atomic E-state index is -0.522. The van der Waals surface area contributed by atoms with Crippen molar-refractivity contribution in [2.75, 3.05) is 6.61 Å². The highest BCUT2D eigenvalue weighted by Gasteiger charge is 2.18. The minimum absolute atomic E-state index is 0.00949. The van der Waals surface area contributed by atoms with E-state index in [1.165, 1.54) is 0 Å². The lowest BCUT2D eigenvalue weighted by molar-refractivity contribution is -0.148. The van der Waals surface area contributed by atoms with Gasteiger partial charge in [-0.3, -0.25) is 14.4 Å². The van der Waals surface area contributed by atoms with Crippen molar-refractivity contribution < 1.29 is 19.1 Å². The molecule has 0 heterocycles. The fourth-order valence-electron chi connectivity index (χ4n) is 2.54. The molecule has 2 rings (SSSR count). The van der Waals surface area contributed by atoms with Gasteiger partial charge in [-0.25, -0.2) is 0 Å². The summed E-state index contributed by atoms with van der Waals surface area (Å²) in [5, 5.41) is 2.84. The first-order valence-electron chi connectivity index (χ1n) is 7.68. The standard InChI is InChI=1S/C17H21NO4/c19-15(13-6-2-1-3-7-13)10-11-17(21)22-12-16(20)18-14-8-4-5-9-14/h1-3,6-7,14H,4-5,8-12H2,(H,18,20). The maximum absolute atomic E-state index is 11.8. The molecule has 22 heavy (non-hydrogen) atoms. The summed E-state index contributed by atoms with van der Waals surface area (Å²) in [6, 6.07) is 9.02. The van der Waals surface area contributed by atoms with E-state index >= 15 is 0 Å². The predicted octanol–water partition coefficient (Wildman–Crippen LogP) is 2.25. The van der Waals surface area contributed by atoms with E-state index < -0.39 is 5.97 Å². The largest absolute Gasteiger partial charge is 0.456 e. The molecule has 1 N–H and O–H groups in total. The van der Waals surface area contributed by atoms with Crippen LogP contribution in [0.2, 0.25) is 0 Å². The molecule has 1 fully saturated rings. The lowest BCUT2D eigenvalue weighted by Gasteiger charge is -2.11. The third-order valence-electron chi connectivity index (χ3n) is 3.74. The lowest BCUT2D eigenvalue weighted by Crippen LogP contribution is -2.35. The number of amides is 1. The van der Waals surface area contributed by atoms with E-state index in [0.717, 1.165) is 25.7 Å². The number of carbonyl (C=O) groups excluding carboxylic acids is 3. The first-order chi connectivity index (χ1) is 10.6. The number of ketones is 1. The number of Topliss-reactive ketones (excluding diaryl/α,β-unsaturated/α-hetero) is 1. The van der Waals surface area contributed by atoms with Gasteiger partial charge in [-0.05, 0) is 12.8 Å². The Balaban J connectivity index is 1.63. The molecular formula is C17H21NO4. The molecule has 1 amide bonds. The zero-order valence-corrected chi connectivity index (χ0v) is 12.5. The molecule has 0 atom stereocenters. The van der Waals surface area contributed by atoms with Crippen LogP contribution in [0, 0.1) is 0 Å². The van der Waals surface area contributed by atoms with Gasteiger partial charge in [-0.2, -0.15) is 0 Å². The van der Waals surface area contributed by atoms with Crippen LogP contribution in [0.25, 0.3) is 0 Å². The highest BCUT2D eigenvalue weighted by molar-refractivity contribution is 5.97. The molecule has 1 aromatic carbocycles. The van der Waals surface area contributed by atoms with Crippen molar-refractivity contribution in [3.63, 3.8) is 0 Å². The molecule has 0 unspecified atom stereocenters. The van der Waals surface area contributed by atoms with Crippen LogP contribution < -0.4 is 5.32 Å². The average Bonchev–Trinajstić information content (AvgIpc) is 3.04. The molecule has 0 saturated heterocycles. The molecule has 0 bridgehead atoms. The van der Waals surface area contributed by atoms with Gasteiger partial charge < -0.3 is 10.1 Å².